The number of hydrogen-bond donors (Lipinski definition) is 0. The van der Waals surface area contributed by atoms with E-state index in [2.05, 4.69) is 21.0 Å². The van der Waals surface area contributed by atoms with Crippen molar-refractivity contribution in [2.24, 2.45) is 4.99 Å². The van der Waals surface area contributed by atoms with Crippen LogP contribution in [0.15, 0.2) is 59.2 Å². The summed E-state index contributed by atoms with van der Waals surface area (Å²) in [5, 5.41) is 0. The molecule has 1 heterocycles. The van der Waals surface area contributed by atoms with Crippen molar-refractivity contribution < 1.29 is 9.53 Å². The number of benzene rings is 2. The van der Waals surface area contributed by atoms with Crippen LogP contribution in [0.5, 0.6) is 5.75 Å². The SMILES string of the molecule is COc1ccc(N2C(=O)/C(=C/c3ccc(C)cc3)N=C2[Se])cc1. The second-order valence-electron chi connectivity index (χ2n) is 5.17. The Morgan fingerprint density at radius 3 is 2.35 bits per heavy atom. The fraction of sp³-hybridized carbons (Fsp3) is 0.111. The van der Waals surface area contributed by atoms with Gasteiger partial charge in [-0.3, -0.25) is 0 Å². The van der Waals surface area contributed by atoms with Gasteiger partial charge < -0.3 is 0 Å². The van der Waals surface area contributed by atoms with Crippen LogP contribution in [0.1, 0.15) is 11.1 Å². The molecule has 0 saturated carbocycles. The first-order valence-corrected chi connectivity index (χ1v) is 7.97. The second-order valence-corrected chi connectivity index (χ2v) is 5.94. The van der Waals surface area contributed by atoms with E-state index in [1.165, 1.54) is 5.56 Å². The first kappa shape index (κ1) is 15.5. The summed E-state index contributed by atoms with van der Waals surface area (Å²) in [6.07, 6.45) is 1.79. The Hall–Kier alpha value is -2.36. The Labute approximate surface area is 143 Å². The molecule has 1 aliphatic heterocycles. The molecule has 0 aromatic heterocycles. The number of carbonyl (C=O) groups excluding carboxylic acids is 1. The summed E-state index contributed by atoms with van der Waals surface area (Å²) < 4.78 is 5.68. The number of ether oxygens (including phenoxy) is 1. The monoisotopic (exact) mass is 371 g/mol. The zero-order chi connectivity index (χ0) is 16.4. The van der Waals surface area contributed by atoms with Gasteiger partial charge in [-0.15, -0.1) is 0 Å². The zero-order valence-electron chi connectivity index (χ0n) is 12.8. The average molecular weight is 370 g/mol. The average Bonchev–Trinajstić information content (AvgIpc) is 2.84. The van der Waals surface area contributed by atoms with Gasteiger partial charge in [-0.05, 0) is 0 Å². The van der Waals surface area contributed by atoms with Crippen LogP contribution in [0.25, 0.3) is 6.08 Å². The Morgan fingerprint density at radius 1 is 1.09 bits per heavy atom. The molecule has 0 atom stereocenters. The van der Waals surface area contributed by atoms with Crippen molar-refractivity contribution in [3.05, 3.63) is 65.4 Å². The molecule has 1 aliphatic rings. The maximum absolute atomic E-state index is 12.6. The van der Waals surface area contributed by atoms with Crippen LogP contribution in [0.4, 0.5) is 5.69 Å². The molecule has 0 spiro atoms. The van der Waals surface area contributed by atoms with E-state index in [1.54, 1.807) is 18.1 Å². The number of hydrogen-bond acceptors (Lipinski definition) is 3. The molecule has 0 N–H and O–H groups in total. The molecule has 0 saturated heterocycles. The van der Waals surface area contributed by atoms with Crippen LogP contribution in [-0.2, 0) is 4.79 Å². The molecule has 3 rings (SSSR count). The van der Waals surface area contributed by atoms with Crippen LogP contribution >= 0.6 is 0 Å². The van der Waals surface area contributed by atoms with Gasteiger partial charge in [0.15, 0.2) is 0 Å². The number of nitrogens with zero attached hydrogens (tertiary/aromatic N) is 2. The second kappa shape index (κ2) is 6.40. The molecular formula is C18H15N2O2Se. The van der Waals surface area contributed by atoms with Crippen molar-refractivity contribution in [3.8, 4) is 5.75 Å². The fourth-order valence-electron chi connectivity index (χ4n) is 2.28. The molecule has 4 nitrogen and oxygen atoms in total. The van der Waals surface area contributed by atoms with Gasteiger partial charge in [0, 0.05) is 0 Å². The van der Waals surface area contributed by atoms with Crippen molar-refractivity contribution in [1.82, 2.24) is 0 Å². The number of aryl methyl sites for hydroxylation is 1. The molecule has 0 bridgehead atoms. The van der Waals surface area contributed by atoms with Crippen LogP contribution in [0.3, 0.4) is 0 Å². The van der Waals surface area contributed by atoms with E-state index >= 15 is 0 Å². The van der Waals surface area contributed by atoms with Gasteiger partial charge in [0.1, 0.15) is 0 Å². The van der Waals surface area contributed by atoms with Gasteiger partial charge in [0.05, 0.1) is 0 Å². The van der Waals surface area contributed by atoms with E-state index in [0.29, 0.717) is 10.4 Å². The topological polar surface area (TPSA) is 41.9 Å². The first-order chi connectivity index (χ1) is 11.1. The number of methoxy groups -OCH3 is 1. The van der Waals surface area contributed by atoms with E-state index in [9.17, 15) is 4.79 Å². The quantitative estimate of drug-likeness (QED) is 0.616. The third-order valence-corrected chi connectivity index (χ3v) is 4.12. The van der Waals surface area contributed by atoms with Gasteiger partial charge in [-0.25, -0.2) is 0 Å². The molecule has 1 radical (unpaired) electrons. The molecule has 2 aromatic carbocycles. The van der Waals surface area contributed by atoms with Crippen LogP contribution in [0.2, 0.25) is 0 Å². The van der Waals surface area contributed by atoms with Crippen molar-refractivity contribution in [2.75, 3.05) is 12.0 Å². The normalized spacial score (nSPS) is 15.9. The Bertz CT molecular complexity index is 793. The van der Waals surface area contributed by atoms with E-state index in [0.717, 1.165) is 17.0 Å². The molecule has 2 aromatic rings. The number of amidine groups is 1. The van der Waals surface area contributed by atoms with Crippen LogP contribution < -0.4 is 9.64 Å². The molecule has 0 unspecified atom stereocenters. The van der Waals surface area contributed by atoms with E-state index in [4.69, 9.17) is 4.74 Å². The maximum atomic E-state index is 12.6. The summed E-state index contributed by atoms with van der Waals surface area (Å²) in [4.78, 5) is 18.5. The molecule has 5 heteroatoms. The Kier molecular flexibility index (Phi) is 4.33. The van der Waals surface area contributed by atoms with Crippen LogP contribution in [-0.4, -0.2) is 33.8 Å². The van der Waals surface area contributed by atoms with Crippen LogP contribution in [0, 0.1) is 6.92 Å². The number of amides is 1. The Balaban J connectivity index is 1.89. The summed E-state index contributed by atoms with van der Waals surface area (Å²) >= 11 is 2.85. The van der Waals surface area contributed by atoms with E-state index < -0.39 is 0 Å². The van der Waals surface area contributed by atoms with Gasteiger partial charge >= 0.3 is 143 Å². The summed E-state index contributed by atoms with van der Waals surface area (Å²) in [5.41, 5.74) is 3.30. The fourth-order valence-corrected chi connectivity index (χ4v) is 2.88. The summed E-state index contributed by atoms with van der Waals surface area (Å²) in [6, 6.07) is 15.3. The summed E-state index contributed by atoms with van der Waals surface area (Å²) in [5.74, 6) is 0.596. The Morgan fingerprint density at radius 2 is 1.74 bits per heavy atom. The predicted octanol–water partition coefficient (Wildman–Crippen LogP) is 2.92. The zero-order valence-corrected chi connectivity index (χ0v) is 14.5. The molecule has 1 amide bonds. The van der Waals surface area contributed by atoms with Gasteiger partial charge in [-0.2, -0.15) is 0 Å². The van der Waals surface area contributed by atoms with Crippen molar-refractivity contribution in [3.63, 3.8) is 0 Å². The van der Waals surface area contributed by atoms with Crippen molar-refractivity contribution in [2.45, 2.75) is 6.92 Å². The molecule has 115 valence electrons. The standard InChI is InChI=1S/C18H15N2O2Se/c1-12-3-5-13(6-4-12)11-16-17(21)20(18(23)19-16)14-7-9-15(22-2)10-8-14/h3-11H,1-2H3/b16-11-. The predicted molar refractivity (Wildman–Crippen MR) is 92.8 cm³/mol. The number of rotatable bonds is 3. The summed E-state index contributed by atoms with van der Waals surface area (Å²) in [7, 11) is 1.61. The van der Waals surface area contributed by atoms with Crippen molar-refractivity contribution in [1.29, 1.82) is 0 Å². The molecular weight excluding hydrogens is 355 g/mol. The molecule has 23 heavy (non-hydrogen) atoms. The third kappa shape index (κ3) is 3.21. The minimum atomic E-state index is -0.149. The number of aliphatic imine (C=N–C) groups is 1. The number of carbonyl (C=O) groups is 1. The van der Waals surface area contributed by atoms with Gasteiger partial charge in [-0.1, -0.05) is 0 Å². The van der Waals surface area contributed by atoms with Gasteiger partial charge in [0.2, 0.25) is 0 Å². The van der Waals surface area contributed by atoms with E-state index in [1.807, 2.05) is 55.5 Å². The molecule has 0 aliphatic carbocycles. The van der Waals surface area contributed by atoms with Gasteiger partial charge in [0.25, 0.3) is 0 Å². The van der Waals surface area contributed by atoms with Crippen molar-refractivity contribution >= 4 is 38.4 Å². The molecule has 0 fully saturated rings. The summed E-state index contributed by atoms with van der Waals surface area (Å²) in [6.45, 7) is 2.03. The van der Waals surface area contributed by atoms with E-state index in [-0.39, 0.29) is 5.91 Å². The number of anilines is 1. The first-order valence-electron chi connectivity index (χ1n) is 7.11. The third-order valence-electron chi connectivity index (χ3n) is 3.54. The minimum absolute atomic E-state index is 0.149.